The van der Waals surface area contributed by atoms with E-state index in [-0.39, 0.29) is 24.4 Å². The number of hydrogen-bond acceptors (Lipinski definition) is 3. The Bertz CT molecular complexity index is 536. The number of nitrogens with one attached hydrogen (secondary N) is 1. The van der Waals surface area contributed by atoms with E-state index in [1.807, 2.05) is 0 Å². The molecule has 1 aliphatic heterocycles. The van der Waals surface area contributed by atoms with Crippen LogP contribution in [0.3, 0.4) is 0 Å². The normalized spacial score (nSPS) is 18.3. The molecule has 0 bridgehead atoms. The average Bonchev–Trinajstić information content (AvgIpc) is 2.50. The summed E-state index contributed by atoms with van der Waals surface area (Å²) >= 11 is 0. The van der Waals surface area contributed by atoms with E-state index < -0.39 is 17.9 Å². The van der Waals surface area contributed by atoms with Gasteiger partial charge in [0.2, 0.25) is 0 Å². The summed E-state index contributed by atoms with van der Waals surface area (Å²) < 4.78 is 54.7. The molecule has 25 heavy (non-hydrogen) atoms. The quantitative estimate of drug-likeness (QED) is 0.729. The van der Waals surface area contributed by atoms with Gasteiger partial charge in [0.05, 0.1) is 0 Å². The molecule has 8 heteroatoms. The Balaban J connectivity index is 0.00000312. The SMILES string of the molecule is CCCC(C)[C@H](c1ccc(OC(F)(F)F)c(F)c1)N1CCNCC1.Cl. The third-order valence-corrected chi connectivity index (χ3v) is 4.35. The Morgan fingerprint density at radius 1 is 1.24 bits per heavy atom. The van der Waals surface area contributed by atoms with Crippen LogP contribution in [0.1, 0.15) is 38.3 Å². The Labute approximate surface area is 152 Å². The molecular weight excluding hydrogens is 360 g/mol. The maximum absolute atomic E-state index is 14.1. The van der Waals surface area contributed by atoms with Crippen molar-refractivity contribution < 1.29 is 22.3 Å². The molecule has 1 heterocycles. The van der Waals surface area contributed by atoms with Gasteiger partial charge in [-0.2, -0.15) is 0 Å². The summed E-state index contributed by atoms with van der Waals surface area (Å²) in [7, 11) is 0. The lowest BCUT2D eigenvalue weighted by Crippen LogP contribution is -2.46. The maximum atomic E-state index is 14.1. The highest BCUT2D eigenvalue weighted by molar-refractivity contribution is 5.85. The first-order chi connectivity index (χ1) is 11.3. The third-order valence-electron chi connectivity index (χ3n) is 4.35. The molecule has 1 aromatic rings. The average molecular weight is 385 g/mol. The van der Waals surface area contributed by atoms with E-state index in [1.165, 1.54) is 6.07 Å². The summed E-state index contributed by atoms with van der Waals surface area (Å²) in [5, 5.41) is 3.28. The van der Waals surface area contributed by atoms with E-state index in [2.05, 4.69) is 28.8 Å². The molecule has 0 amide bonds. The van der Waals surface area contributed by atoms with Gasteiger partial charge in [0.15, 0.2) is 11.6 Å². The fraction of sp³-hybridized carbons (Fsp3) is 0.647. The van der Waals surface area contributed by atoms with Gasteiger partial charge in [-0.1, -0.05) is 26.3 Å². The minimum Gasteiger partial charge on any atom is -0.403 e. The van der Waals surface area contributed by atoms with Crippen LogP contribution in [-0.4, -0.2) is 37.4 Å². The van der Waals surface area contributed by atoms with E-state index in [0.717, 1.165) is 45.1 Å². The molecule has 144 valence electrons. The number of halogens is 5. The molecular formula is C17H25ClF4N2O. The van der Waals surface area contributed by atoms with Gasteiger partial charge >= 0.3 is 6.36 Å². The highest BCUT2D eigenvalue weighted by Crippen LogP contribution is 2.35. The molecule has 0 radical (unpaired) electrons. The lowest BCUT2D eigenvalue weighted by atomic mass is 9.89. The molecule has 0 saturated carbocycles. The van der Waals surface area contributed by atoms with Crippen LogP contribution in [0.4, 0.5) is 17.6 Å². The summed E-state index contributed by atoms with van der Waals surface area (Å²) in [5.41, 5.74) is 0.699. The molecule has 1 fully saturated rings. The van der Waals surface area contributed by atoms with Crippen LogP contribution in [0.5, 0.6) is 5.75 Å². The van der Waals surface area contributed by atoms with Gasteiger partial charge in [-0.3, -0.25) is 4.90 Å². The van der Waals surface area contributed by atoms with Crippen molar-refractivity contribution in [3.05, 3.63) is 29.6 Å². The predicted molar refractivity (Wildman–Crippen MR) is 91.6 cm³/mol. The second-order valence-corrected chi connectivity index (χ2v) is 6.23. The van der Waals surface area contributed by atoms with Crippen LogP contribution < -0.4 is 10.1 Å². The van der Waals surface area contributed by atoms with Crippen molar-refractivity contribution >= 4 is 12.4 Å². The molecule has 1 aliphatic rings. The Morgan fingerprint density at radius 2 is 1.88 bits per heavy atom. The zero-order valence-electron chi connectivity index (χ0n) is 14.4. The molecule has 0 aliphatic carbocycles. The number of hydrogen-bond donors (Lipinski definition) is 1. The fourth-order valence-electron chi connectivity index (χ4n) is 3.38. The van der Waals surface area contributed by atoms with E-state index in [0.29, 0.717) is 5.56 Å². The maximum Gasteiger partial charge on any atom is 0.573 e. The van der Waals surface area contributed by atoms with Crippen LogP contribution in [0.2, 0.25) is 0 Å². The smallest absolute Gasteiger partial charge is 0.403 e. The topological polar surface area (TPSA) is 24.5 Å². The molecule has 0 aromatic heterocycles. The van der Waals surface area contributed by atoms with E-state index in [4.69, 9.17) is 0 Å². The highest BCUT2D eigenvalue weighted by atomic mass is 35.5. The van der Waals surface area contributed by atoms with Gasteiger partial charge in [0.25, 0.3) is 0 Å². The number of piperazine rings is 1. The van der Waals surface area contributed by atoms with Gasteiger partial charge < -0.3 is 10.1 Å². The van der Waals surface area contributed by atoms with Gasteiger partial charge in [-0.15, -0.1) is 25.6 Å². The van der Waals surface area contributed by atoms with Crippen LogP contribution in [0.15, 0.2) is 18.2 Å². The first-order valence-electron chi connectivity index (χ1n) is 8.31. The van der Waals surface area contributed by atoms with E-state index in [9.17, 15) is 17.6 Å². The van der Waals surface area contributed by atoms with E-state index in [1.54, 1.807) is 6.07 Å². The Hall–Kier alpha value is -1.05. The van der Waals surface area contributed by atoms with Crippen molar-refractivity contribution in [1.82, 2.24) is 10.2 Å². The molecule has 1 aromatic carbocycles. The molecule has 1 unspecified atom stereocenters. The minimum absolute atomic E-state index is 0. The third kappa shape index (κ3) is 6.31. The second-order valence-electron chi connectivity index (χ2n) is 6.23. The number of alkyl halides is 3. The molecule has 2 atom stereocenters. The first kappa shape index (κ1) is 22.0. The molecule has 1 N–H and O–H groups in total. The Kier molecular flexibility index (Phi) is 8.44. The number of nitrogens with zero attached hydrogens (tertiary/aromatic N) is 1. The summed E-state index contributed by atoms with van der Waals surface area (Å²) in [6, 6.07) is 3.79. The van der Waals surface area contributed by atoms with Crippen molar-refractivity contribution in [3.63, 3.8) is 0 Å². The zero-order chi connectivity index (χ0) is 17.7. The van der Waals surface area contributed by atoms with Crippen molar-refractivity contribution in [2.45, 2.75) is 39.1 Å². The summed E-state index contributed by atoms with van der Waals surface area (Å²) in [4.78, 5) is 2.27. The lowest BCUT2D eigenvalue weighted by Gasteiger charge is -2.38. The molecule has 3 nitrogen and oxygen atoms in total. The number of ether oxygens (including phenoxy) is 1. The number of rotatable bonds is 6. The van der Waals surface area contributed by atoms with Crippen molar-refractivity contribution in [3.8, 4) is 5.75 Å². The van der Waals surface area contributed by atoms with Crippen molar-refractivity contribution in [2.24, 2.45) is 5.92 Å². The van der Waals surface area contributed by atoms with E-state index >= 15 is 0 Å². The van der Waals surface area contributed by atoms with Gasteiger partial charge in [0, 0.05) is 32.2 Å². The van der Waals surface area contributed by atoms with Crippen LogP contribution in [-0.2, 0) is 0 Å². The molecule has 0 spiro atoms. The largest absolute Gasteiger partial charge is 0.573 e. The van der Waals surface area contributed by atoms with Crippen LogP contribution in [0, 0.1) is 11.7 Å². The standard InChI is InChI=1S/C17H24F4N2O.ClH/c1-3-4-12(2)16(23-9-7-22-8-10-23)13-5-6-15(14(18)11-13)24-17(19,20)21;/h5-6,11-12,16,22H,3-4,7-10H2,1-2H3;1H/t12?,16-;/m1./s1. The first-order valence-corrected chi connectivity index (χ1v) is 8.31. The lowest BCUT2D eigenvalue weighted by molar-refractivity contribution is -0.275. The summed E-state index contributed by atoms with van der Waals surface area (Å²) in [5.74, 6) is -1.48. The van der Waals surface area contributed by atoms with Crippen LogP contribution >= 0.6 is 12.4 Å². The zero-order valence-corrected chi connectivity index (χ0v) is 15.2. The molecule has 1 saturated heterocycles. The Morgan fingerprint density at radius 3 is 2.40 bits per heavy atom. The summed E-state index contributed by atoms with van der Waals surface area (Å²) in [6.07, 6.45) is -2.92. The van der Waals surface area contributed by atoms with Crippen molar-refractivity contribution in [2.75, 3.05) is 26.2 Å². The van der Waals surface area contributed by atoms with Gasteiger partial charge in [-0.25, -0.2) is 4.39 Å². The number of benzene rings is 1. The highest BCUT2D eigenvalue weighted by Gasteiger charge is 2.33. The monoisotopic (exact) mass is 384 g/mol. The fourth-order valence-corrected chi connectivity index (χ4v) is 3.38. The minimum atomic E-state index is -4.89. The van der Waals surface area contributed by atoms with Gasteiger partial charge in [-0.05, 0) is 30.0 Å². The summed E-state index contributed by atoms with van der Waals surface area (Å²) in [6.45, 7) is 7.57. The van der Waals surface area contributed by atoms with Crippen LogP contribution in [0.25, 0.3) is 0 Å². The predicted octanol–water partition coefficient (Wildman–Crippen LogP) is 4.53. The second kappa shape index (κ2) is 9.59. The molecule has 2 rings (SSSR count). The van der Waals surface area contributed by atoms with Crippen molar-refractivity contribution in [1.29, 1.82) is 0 Å². The van der Waals surface area contributed by atoms with Gasteiger partial charge in [0.1, 0.15) is 0 Å².